The molecular weight excluding hydrogens is 394 g/mol. The summed E-state index contributed by atoms with van der Waals surface area (Å²) in [4.78, 5) is 32.9. The van der Waals surface area contributed by atoms with Crippen LogP contribution in [0.2, 0.25) is 5.02 Å². The van der Waals surface area contributed by atoms with Gasteiger partial charge in [0.1, 0.15) is 5.69 Å². The molecule has 0 aliphatic carbocycles. The lowest BCUT2D eigenvalue weighted by Gasteiger charge is -2.23. The molecule has 2 amide bonds. The molecule has 0 bridgehead atoms. The van der Waals surface area contributed by atoms with E-state index in [-0.39, 0.29) is 18.0 Å². The van der Waals surface area contributed by atoms with Crippen LogP contribution in [0.4, 0.5) is 0 Å². The van der Waals surface area contributed by atoms with E-state index in [9.17, 15) is 19.6 Å². The average molecular weight is 419 g/mol. The molecule has 29 heavy (non-hydrogen) atoms. The first-order valence-electron chi connectivity index (χ1n) is 9.24. The molecule has 1 unspecified atom stereocenters. The fourth-order valence-electron chi connectivity index (χ4n) is 2.81. The summed E-state index contributed by atoms with van der Waals surface area (Å²) in [6.07, 6.45) is 4.49. The van der Waals surface area contributed by atoms with Gasteiger partial charge in [-0.15, -0.1) is 0 Å². The van der Waals surface area contributed by atoms with Crippen LogP contribution in [0.3, 0.4) is 0 Å². The van der Waals surface area contributed by atoms with E-state index in [1.165, 1.54) is 18.6 Å². The van der Waals surface area contributed by atoms with Crippen molar-refractivity contribution in [1.82, 2.24) is 20.6 Å². The molecule has 1 aromatic carbocycles. The second-order valence-electron chi connectivity index (χ2n) is 7.09. The molecule has 0 spiro atoms. The Hall–Kier alpha value is -2.49. The van der Waals surface area contributed by atoms with E-state index in [4.69, 9.17) is 11.6 Å². The molecule has 2 rings (SSSR count). The van der Waals surface area contributed by atoms with Crippen molar-refractivity contribution in [3.05, 3.63) is 59.1 Å². The number of hydrogen-bond acceptors (Lipinski definition) is 6. The number of amides is 2. The third kappa shape index (κ3) is 7.45. The Morgan fingerprint density at radius 2 is 1.83 bits per heavy atom. The first-order chi connectivity index (χ1) is 13.8. The summed E-state index contributed by atoms with van der Waals surface area (Å²) in [6, 6.07) is 6.08. The normalized spacial score (nSPS) is 12.9. The van der Waals surface area contributed by atoms with Gasteiger partial charge in [-0.2, -0.15) is 0 Å². The summed E-state index contributed by atoms with van der Waals surface area (Å²) in [5.41, 5.74) is 0.794. The van der Waals surface area contributed by atoms with Crippen LogP contribution in [0.1, 0.15) is 48.8 Å². The minimum Gasteiger partial charge on any atom is -0.426 e. The van der Waals surface area contributed by atoms with Gasteiger partial charge in [-0.05, 0) is 30.0 Å². The van der Waals surface area contributed by atoms with Gasteiger partial charge in [0, 0.05) is 17.4 Å². The van der Waals surface area contributed by atoms with Crippen molar-refractivity contribution in [2.45, 2.75) is 38.7 Å². The van der Waals surface area contributed by atoms with Gasteiger partial charge in [0.15, 0.2) is 0 Å². The van der Waals surface area contributed by atoms with Crippen LogP contribution in [0.5, 0.6) is 0 Å². The van der Waals surface area contributed by atoms with Gasteiger partial charge in [0.2, 0.25) is 5.91 Å². The van der Waals surface area contributed by atoms with E-state index >= 15 is 0 Å². The van der Waals surface area contributed by atoms with Crippen LogP contribution in [-0.4, -0.2) is 44.9 Å². The zero-order valence-corrected chi connectivity index (χ0v) is 17.0. The van der Waals surface area contributed by atoms with Crippen molar-refractivity contribution in [2.24, 2.45) is 5.92 Å². The Kier molecular flexibility index (Phi) is 8.57. The summed E-state index contributed by atoms with van der Waals surface area (Å²) >= 11 is 5.94. The lowest BCUT2D eigenvalue weighted by Crippen LogP contribution is -2.48. The third-order valence-corrected chi connectivity index (χ3v) is 4.45. The largest absolute Gasteiger partial charge is 0.475 e. The lowest BCUT2D eigenvalue weighted by molar-refractivity contribution is -0.122. The Morgan fingerprint density at radius 1 is 1.14 bits per heavy atom. The highest BCUT2D eigenvalue weighted by atomic mass is 35.5. The van der Waals surface area contributed by atoms with E-state index in [1.54, 1.807) is 24.3 Å². The number of nitrogens with one attached hydrogen (secondary N) is 2. The summed E-state index contributed by atoms with van der Waals surface area (Å²) in [6.45, 7) is 3.83. The Balaban J connectivity index is 2.15. The lowest BCUT2D eigenvalue weighted by atomic mass is 9.75. The maximum absolute atomic E-state index is 12.6. The SMILES string of the molecule is CC(C)C[C@H](NC(=O)CC(NC(=O)c1cnccn1)c1ccc(Cl)cc1)B(O)O. The first kappa shape index (κ1) is 22.8. The molecule has 0 fully saturated rings. The van der Waals surface area contributed by atoms with Crippen molar-refractivity contribution >= 4 is 30.5 Å². The molecule has 154 valence electrons. The molecule has 2 atom stereocenters. The van der Waals surface area contributed by atoms with Crippen molar-refractivity contribution in [2.75, 3.05) is 0 Å². The summed E-state index contributed by atoms with van der Waals surface area (Å²) < 4.78 is 0. The molecule has 1 heterocycles. The van der Waals surface area contributed by atoms with Crippen molar-refractivity contribution in [3.8, 4) is 0 Å². The van der Waals surface area contributed by atoms with Crippen LogP contribution < -0.4 is 10.6 Å². The van der Waals surface area contributed by atoms with Crippen molar-refractivity contribution in [1.29, 1.82) is 0 Å². The second-order valence-corrected chi connectivity index (χ2v) is 7.53. The Morgan fingerprint density at radius 3 is 2.38 bits per heavy atom. The summed E-state index contributed by atoms with van der Waals surface area (Å²) in [5.74, 6) is -1.55. The number of rotatable bonds is 9. The number of halogens is 1. The predicted molar refractivity (Wildman–Crippen MR) is 110 cm³/mol. The highest BCUT2D eigenvalue weighted by Crippen LogP contribution is 2.20. The van der Waals surface area contributed by atoms with Gasteiger partial charge in [-0.25, -0.2) is 4.98 Å². The van der Waals surface area contributed by atoms with Gasteiger partial charge in [-0.3, -0.25) is 14.6 Å². The molecule has 1 aromatic heterocycles. The quantitative estimate of drug-likeness (QED) is 0.458. The maximum Gasteiger partial charge on any atom is 0.475 e. The van der Waals surface area contributed by atoms with E-state index in [0.717, 1.165) is 0 Å². The number of benzene rings is 1. The molecule has 0 saturated heterocycles. The van der Waals surface area contributed by atoms with Crippen LogP contribution in [0.25, 0.3) is 0 Å². The second kappa shape index (κ2) is 10.9. The molecule has 0 aliphatic heterocycles. The number of hydrogen-bond donors (Lipinski definition) is 4. The van der Waals surface area contributed by atoms with E-state index in [1.807, 2.05) is 13.8 Å². The molecule has 4 N–H and O–H groups in total. The zero-order chi connectivity index (χ0) is 21.4. The number of carbonyl (C=O) groups excluding carboxylic acids is 2. The molecular formula is C19H24BClN4O4. The van der Waals surface area contributed by atoms with E-state index < -0.39 is 30.9 Å². The summed E-state index contributed by atoms with van der Waals surface area (Å²) in [7, 11) is -1.68. The summed E-state index contributed by atoms with van der Waals surface area (Å²) in [5, 5.41) is 25.0. The zero-order valence-electron chi connectivity index (χ0n) is 16.2. The minimum atomic E-state index is -1.68. The molecule has 0 aliphatic rings. The van der Waals surface area contributed by atoms with E-state index in [0.29, 0.717) is 17.0 Å². The third-order valence-electron chi connectivity index (χ3n) is 4.19. The fourth-order valence-corrected chi connectivity index (χ4v) is 2.94. The van der Waals surface area contributed by atoms with Crippen molar-refractivity contribution in [3.63, 3.8) is 0 Å². The number of aromatic nitrogens is 2. The molecule has 2 aromatic rings. The van der Waals surface area contributed by atoms with Crippen LogP contribution in [-0.2, 0) is 4.79 Å². The molecule has 8 nitrogen and oxygen atoms in total. The maximum atomic E-state index is 12.6. The van der Waals surface area contributed by atoms with Crippen molar-refractivity contribution < 1.29 is 19.6 Å². The molecule has 0 radical (unpaired) electrons. The van der Waals surface area contributed by atoms with Gasteiger partial charge < -0.3 is 20.7 Å². The smallest absolute Gasteiger partial charge is 0.426 e. The Bertz CT molecular complexity index is 806. The first-order valence-corrected chi connectivity index (χ1v) is 9.62. The van der Waals surface area contributed by atoms with Gasteiger partial charge in [-0.1, -0.05) is 37.6 Å². The van der Waals surface area contributed by atoms with Gasteiger partial charge in [0.05, 0.1) is 24.6 Å². The topological polar surface area (TPSA) is 124 Å². The number of carbonyl (C=O) groups is 2. The number of nitrogens with zero attached hydrogens (tertiary/aromatic N) is 2. The highest BCUT2D eigenvalue weighted by molar-refractivity contribution is 6.43. The van der Waals surface area contributed by atoms with Gasteiger partial charge in [0.25, 0.3) is 5.91 Å². The van der Waals surface area contributed by atoms with Crippen LogP contribution >= 0.6 is 11.6 Å². The average Bonchev–Trinajstić information content (AvgIpc) is 2.67. The fraction of sp³-hybridized carbons (Fsp3) is 0.368. The Labute approximate surface area is 174 Å². The standard InChI is InChI=1S/C19H24BClN4O4/c1-12(2)9-17(20(28)29)25-18(26)10-15(13-3-5-14(21)6-4-13)24-19(27)16-11-22-7-8-23-16/h3-8,11-12,15,17,28-29H,9-10H2,1-2H3,(H,24,27)(H,25,26)/t15?,17-/m0/s1. The highest BCUT2D eigenvalue weighted by Gasteiger charge is 2.28. The van der Waals surface area contributed by atoms with E-state index in [2.05, 4.69) is 20.6 Å². The minimum absolute atomic E-state index is 0.102. The molecule has 10 heteroatoms. The van der Waals surface area contributed by atoms with Crippen LogP contribution in [0.15, 0.2) is 42.9 Å². The monoisotopic (exact) mass is 418 g/mol. The predicted octanol–water partition coefficient (Wildman–Crippen LogP) is 1.53. The van der Waals surface area contributed by atoms with Gasteiger partial charge >= 0.3 is 7.12 Å². The van der Waals surface area contributed by atoms with Crippen LogP contribution in [0, 0.1) is 5.92 Å². The molecule has 0 saturated carbocycles.